The van der Waals surface area contributed by atoms with Gasteiger partial charge in [-0.2, -0.15) is 0 Å². The van der Waals surface area contributed by atoms with E-state index >= 15 is 0 Å². The van der Waals surface area contributed by atoms with Crippen molar-refractivity contribution in [2.24, 2.45) is 4.99 Å². The maximum Gasteiger partial charge on any atom is 0.220 e. The van der Waals surface area contributed by atoms with Gasteiger partial charge < -0.3 is 20.7 Å². The Kier molecular flexibility index (Phi) is 8.18. The molecule has 144 valence electrons. The lowest BCUT2D eigenvalue weighted by molar-refractivity contribution is -0.121. The second-order valence-corrected chi connectivity index (χ2v) is 6.45. The zero-order valence-corrected chi connectivity index (χ0v) is 15.6. The van der Waals surface area contributed by atoms with E-state index in [1.54, 1.807) is 18.2 Å². The van der Waals surface area contributed by atoms with Gasteiger partial charge in [-0.3, -0.25) is 4.79 Å². The number of hydrogen-bond acceptors (Lipinski definition) is 3. The molecule has 2 rings (SSSR count). The number of ether oxygens (including phenoxy) is 1. The summed E-state index contributed by atoms with van der Waals surface area (Å²) in [4.78, 5) is 16.1. The molecule has 0 saturated heterocycles. The highest BCUT2D eigenvalue weighted by Gasteiger charge is 2.22. The molecule has 1 aliphatic rings. The Morgan fingerprint density at radius 2 is 2.12 bits per heavy atom. The first kappa shape index (κ1) is 20.0. The van der Waals surface area contributed by atoms with Crippen molar-refractivity contribution in [3.8, 4) is 5.75 Å². The Labute approximate surface area is 154 Å². The lowest BCUT2D eigenvalue weighted by atomic mass is 10.3. The van der Waals surface area contributed by atoms with E-state index in [-0.39, 0.29) is 23.6 Å². The summed E-state index contributed by atoms with van der Waals surface area (Å²) in [7, 11) is 0. The molecule has 1 fully saturated rings. The number of hydrogen-bond donors (Lipinski definition) is 3. The number of halogens is 1. The number of rotatable bonds is 10. The average molecular weight is 364 g/mol. The summed E-state index contributed by atoms with van der Waals surface area (Å²) in [5.74, 6) is 0.634. The van der Waals surface area contributed by atoms with Crippen LogP contribution in [0.2, 0.25) is 0 Å². The molecular formula is C19H29FN4O2. The third kappa shape index (κ3) is 7.72. The average Bonchev–Trinajstić information content (AvgIpc) is 3.42. The number of para-hydroxylation sites is 1. The molecule has 0 spiro atoms. The van der Waals surface area contributed by atoms with Gasteiger partial charge in [-0.15, -0.1) is 0 Å². The molecule has 0 heterocycles. The molecule has 1 amide bonds. The summed E-state index contributed by atoms with van der Waals surface area (Å²) in [6.45, 7) is 5.62. The minimum atomic E-state index is -0.377. The summed E-state index contributed by atoms with van der Waals surface area (Å²) in [5.41, 5.74) is 0. The van der Waals surface area contributed by atoms with E-state index in [1.807, 2.05) is 13.8 Å². The lowest BCUT2D eigenvalue weighted by Crippen LogP contribution is -2.39. The highest BCUT2D eigenvalue weighted by Crippen LogP contribution is 2.18. The molecule has 6 nitrogen and oxygen atoms in total. The number of aliphatic imine (C=N–C) groups is 1. The van der Waals surface area contributed by atoms with E-state index in [4.69, 9.17) is 4.74 Å². The van der Waals surface area contributed by atoms with Crippen LogP contribution < -0.4 is 20.7 Å². The quantitative estimate of drug-likeness (QED) is 0.338. The van der Waals surface area contributed by atoms with Crippen molar-refractivity contribution < 1.29 is 13.9 Å². The van der Waals surface area contributed by atoms with Gasteiger partial charge in [0.2, 0.25) is 5.91 Å². The Morgan fingerprint density at radius 1 is 1.35 bits per heavy atom. The Morgan fingerprint density at radius 3 is 2.81 bits per heavy atom. The van der Waals surface area contributed by atoms with Crippen LogP contribution in [0.25, 0.3) is 0 Å². The lowest BCUT2D eigenvalue weighted by Gasteiger charge is -2.15. The molecule has 1 saturated carbocycles. The van der Waals surface area contributed by atoms with Gasteiger partial charge in [0.05, 0.1) is 6.54 Å². The smallest absolute Gasteiger partial charge is 0.220 e. The number of amides is 1. The molecule has 7 heteroatoms. The van der Waals surface area contributed by atoms with Crippen LogP contribution in [0, 0.1) is 5.82 Å². The SMILES string of the molecule is CCNC(=NCC(C)Oc1ccccc1F)NCCCC(=O)NC1CC1. The van der Waals surface area contributed by atoms with Gasteiger partial charge in [-0.25, -0.2) is 9.38 Å². The van der Waals surface area contributed by atoms with Crippen molar-refractivity contribution in [1.29, 1.82) is 0 Å². The molecule has 3 N–H and O–H groups in total. The number of nitrogens with zero attached hydrogens (tertiary/aromatic N) is 1. The molecule has 0 radical (unpaired) electrons. The summed E-state index contributed by atoms with van der Waals surface area (Å²) < 4.78 is 19.2. The monoisotopic (exact) mass is 364 g/mol. The summed E-state index contributed by atoms with van der Waals surface area (Å²) in [6, 6.07) is 6.75. The first-order valence-corrected chi connectivity index (χ1v) is 9.31. The Hall–Kier alpha value is -2.31. The van der Waals surface area contributed by atoms with Crippen LogP contribution >= 0.6 is 0 Å². The fourth-order valence-corrected chi connectivity index (χ4v) is 2.34. The zero-order valence-electron chi connectivity index (χ0n) is 15.6. The van der Waals surface area contributed by atoms with Crippen LogP contribution in [-0.4, -0.2) is 43.6 Å². The topological polar surface area (TPSA) is 74.8 Å². The standard InChI is InChI=1S/C19H29FN4O2/c1-3-21-19(22-12-6-9-18(25)24-15-10-11-15)23-13-14(2)26-17-8-5-4-7-16(17)20/h4-5,7-8,14-15H,3,6,9-13H2,1-2H3,(H,24,25)(H2,21,22,23). The molecule has 1 aromatic rings. The van der Waals surface area contributed by atoms with E-state index in [2.05, 4.69) is 20.9 Å². The van der Waals surface area contributed by atoms with Crippen LogP contribution in [0.4, 0.5) is 4.39 Å². The third-order valence-electron chi connectivity index (χ3n) is 3.83. The summed E-state index contributed by atoms with van der Waals surface area (Å²) in [5, 5.41) is 9.33. The van der Waals surface area contributed by atoms with Crippen LogP contribution in [0.1, 0.15) is 39.5 Å². The fourth-order valence-electron chi connectivity index (χ4n) is 2.34. The molecule has 0 aromatic heterocycles. The van der Waals surface area contributed by atoms with Crippen molar-refractivity contribution >= 4 is 11.9 Å². The molecular weight excluding hydrogens is 335 g/mol. The number of carbonyl (C=O) groups is 1. The van der Waals surface area contributed by atoms with E-state index < -0.39 is 0 Å². The third-order valence-corrected chi connectivity index (χ3v) is 3.83. The number of benzene rings is 1. The molecule has 1 aliphatic carbocycles. The van der Waals surface area contributed by atoms with Crippen molar-refractivity contribution in [3.63, 3.8) is 0 Å². The number of nitrogens with one attached hydrogen (secondary N) is 3. The van der Waals surface area contributed by atoms with E-state index in [0.717, 1.165) is 25.8 Å². The van der Waals surface area contributed by atoms with Crippen molar-refractivity contribution in [2.45, 2.75) is 51.7 Å². The highest BCUT2D eigenvalue weighted by atomic mass is 19.1. The number of guanidine groups is 1. The normalized spacial score (nSPS) is 15.3. The number of carbonyl (C=O) groups excluding carboxylic acids is 1. The minimum absolute atomic E-state index is 0.114. The largest absolute Gasteiger partial charge is 0.486 e. The van der Waals surface area contributed by atoms with E-state index in [9.17, 15) is 9.18 Å². The van der Waals surface area contributed by atoms with Crippen molar-refractivity contribution in [1.82, 2.24) is 16.0 Å². The van der Waals surface area contributed by atoms with E-state index in [0.29, 0.717) is 31.5 Å². The van der Waals surface area contributed by atoms with Crippen LogP contribution in [0.5, 0.6) is 5.75 Å². The van der Waals surface area contributed by atoms with Gasteiger partial charge in [-0.1, -0.05) is 12.1 Å². The predicted octanol–water partition coefficient (Wildman–Crippen LogP) is 2.21. The zero-order chi connectivity index (χ0) is 18.8. The summed E-state index contributed by atoms with van der Waals surface area (Å²) >= 11 is 0. The second-order valence-electron chi connectivity index (χ2n) is 6.45. The molecule has 1 unspecified atom stereocenters. The van der Waals surface area contributed by atoms with Crippen LogP contribution in [0.15, 0.2) is 29.3 Å². The first-order chi connectivity index (χ1) is 12.6. The molecule has 0 aliphatic heterocycles. The van der Waals surface area contributed by atoms with Crippen LogP contribution in [0.3, 0.4) is 0 Å². The molecule has 26 heavy (non-hydrogen) atoms. The Balaban J connectivity index is 1.70. The maximum atomic E-state index is 13.6. The highest BCUT2D eigenvalue weighted by molar-refractivity contribution is 5.80. The molecule has 1 atom stereocenters. The van der Waals surface area contributed by atoms with Gasteiger partial charge in [0, 0.05) is 25.6 Å². The fraction of sp³-hybridized carbons (Fsp3) is 0.579. The van der Waals surface area contributed by atoms with Gasteiger partial charge in [0.15, 0.2) is 17.5 Å². The Bertz CT molecular complexity index is 605. The van der Waals surface area contributed by atoms with Gasteiger partial charge in [0.1, 0.15) is 6.10 Å². The van der Waals surface area contributed by atoms with Gasteiger partial charge in [-0.05, 0) is 45.2 Å². The summed E-state index contributed by atoms with van der Waals surface area (Å²) in [6.07, 6.45) is 3.20. The first-order valence-electron chi connectivity index (χ1n) is 9.31. The van der Waals surface area contributed by atoms with Gasteiger partial charge >= 0.3 is 0 Å². The molecule has 0 bridgehead atoms. The van der Waals surface area contributed by atoms with Gasteiger partial charge in [0.25, 0.3) is 0 Å². The maximum absolute atomic E-state index is 13.6. The van der Waals surface area contributed by atoms with Crippen LogP contribution in [-0.2, 0) is 4.79 Å². The van der Waals surface area contributed by atoms with Crippen molar-refractivity contribution in [3.05, 3.63) is 30.1 Å². The predicted molar refractivity (Wildman–Crippen MR) is 101 cm³/mol. The molecule has 1 aromatic carbocycles. The van der Waals surface area contributed by atoms with Crippen molar-refractivity contribution in [2.75, 3.05) is 19.6 Å². The van der Waals surface area contributed by atoms with E-state index in [1.165, 1.54) is 6.07 Å². The minimum Gasteiger partial charge on any atom is -0.486 e. The second kappa shape index (κ2) is 10.6.